The van der Waals surface area contributed by atoms with Crippen LogP contribution < -0.4 is 5.32 Å². The third-order valence-electron chi connectivity index (χ3n) is 3.51. The molecule has 3 heteroatoms. The number of nitrogens with zero attached hydrogens (tertiary/aromatic N) is 2. The minimum Gasteiger partial charge on any atom is -0.370 e. The van der Waals surface area contributed by atoms with Gasteiger partial charge in [0.2, 0.25) is 0 Å². The molecule has 0 unspecified atom stereocenters. The molecule has 0 saturated heterocycles. The number of fused-ring (bicyclic) bond motifs is 1. The normalized spacial score (nSPS) is 10.8. The van der Waals surface area contributed by atoms with Gasteiger partial charge in [0.15, 0.2) is 0 Å². The summed E-state index contributed by atoms with van der Waals surface area (Å²) < 4.78 is 0. The molecule has 3 aromatic rings. The van der Waals surface area contributed by atoms with Crippen molar-refractivity contribution in [1.82, 2.24) is 9.97 Å². The smallest absolute Gasteiger partial charge is 0.131 e. The molecule has 1 aromatic heterocycles. The van der Waals surface area contributed by atoms with Gasteiger partial charge in [0.1, 0.15) is 11.6 Å². The van der Waals surface area contributed by atoms with Gasteiger partial charge in [-0.05, 0) is 17.7 Å². The van der Waals surface area contributed by atoms with E-state index in [4.69, 9.17) is 4.98 Å². The topological polar surface area (TPSA) is 37.8 Å². The monoisotopic (exact) mass is 277 g/mol. The van der Waals surface area contributed by atoms with Crippen LogP contribution in [-0.4, -0.2) is 16.5 Å². The zero-order chi connectivity index (χ0) is 14.7. The van der Waals surface area contributed by atoms with Gasteiger partial charge in [0, 0.05) is 24.6 Å². The van der Waals surface area contributed by atoms with E-state index >= 15 is 0 Å². The van der Waals surface area contributed by atoms with Gasteiger partial charge >= 0.3 is 0 Å². The van der Waals surface area contributed by atoms with Crippen LogP contribution >= 0.6 is 0 Å². The quantitative estimate of drug-likeness (QED) is 0.773. The molecular weight excluding hydrogens is 258 g/mol. The molecule has 1 N–H and O–H groups in total. The number of rotatable bonds is 4. The van der Waals surface area contributed by atoms with Crippen molar-refractivity contribution < 1.29 is 0 Å². The van der Waals surface area contributed by atoms with Gasteiger partial charge in [-0.1, -0.05) is 49.4 Å². The molecule has 0 radical (unpaired) electrons. The summed E-state index contributed by atoms with van der Waals surface area (Å²) in [4.78, 5) is 9.23. The highest BCUT2D eigenvalue weighted by Crippen LogP contribution is 2.28. The standard InChI is InChI=1S/C18H19N3/c1-3-17-20-16(12-18(21-17)19-4-2)15-11-7-9-13-8-5-6-10-14(13)15/h5-12H,3-4H2,1-2H3,(H,19,20,21). The van der Waals surface area contributed by atoms with E-state index in [9.17, 15) is 0 Å². The average Bonchev–Trinajstić information content (AvgIpc) is 2.54. The maximum Gasteiger partial charge on any atom is 0.131 e. The Bertz CT molecular complexity index is 760. The highest BCUT2D eigenvalue weighted by molar-refractivity contribution is 5.96. The minimum atomic E-state index is 0.830. The third kappa shape index (κ3) is 2.72. The van der Waals surface area contributed by atoms with Crippen LogP contribution in [0.5, 0.6) is 0 Å². The lowest BCUT2D eigenvalue weighted by Crippen LogP contribution is -2.04. The Morgan fingerprint density at radius 1 is 0.952 bits per heavy atom. The summed E-state index contributed by atoms with van der Waals surface area (Å²) in [5, 5.41) is 5.75. The first-order valence-corrected chi connectivity index (χ1v) is 7.41. The molecule has 3 nitrogen and oxygen atoms in total. The molecule has 0 bridgehead atoms. The third-order valence-corrected chi connectivity index (χ3v) is 3.51. The number of benzene rings is 2. The van der Waals surface area contributed by atoms with Crippen molar-refractivity contribution in [1.29, 1.82) is 0 Å². The molecule has 1 heterocycles. The Morgan fingerprint density at radius 2 is 1.76 bits per heavy atom. The van der Waals surface area contributed by atoms with Gasteiger partial charge in [-0.3, -0.25) is 0 Å². The van der Waals surface area contributed by atoms with Crippen LogP contribution in [0, 0.1) is 0 Å². The molecule has 2 aromatic carbocycles. The Hall–Kier alpha value is -2.42. The predicted octanol–water partition coefficient (Wildman–Crippen LogP) is 4.29. The lowest BCUT2D eigenvalue weighted by molar-refractivity contribution is 0.940. The van der Waals surface area contributed by atoms with Crippen LogP contribution in [0.25, 0.3) is 22.0 Å². The van der Waals surface area contributed by atoms with E-state index in [1.807, 2.05) is 6.07 Å². The molecule has 106 valence electrons. The predicted molar refractivity (Wildman–Crippen MR) is 88.5 cm³/mol. The first kappa shape index (κ1) is 13.6. The number of hydrogen-bond acceptors (Lipinski definition) is 3. The van der Waals surface area contributed by atoms with Gasteiger partial charge in [0.05, 0.1) is 5.69 Å². The number of anilines is 1. The second kappa shape index (κ2) is 5.92. The van der Waals surface area contributed by atoms with Crippen molar-refractivity contribution in [3.63, 3.8) is 0 Å². The number of aryl methyl sites for hydroxylation is 1. The Labute approximate surface area is 125 Å². The van der Waals surface area contributed by atoms with Gasteiger partial charge < -0.3 is 5.32 Å². The highest BCUT2D eigenvalue weighted by Gasteiger charge is 2.08. The van der Waals surface area contributed by atoms with Crippen LogP contribution in [0.4, 0.5) is 5.82 Å². The molecular formula is C18H19N3. The lowest BCUT2D eigenvalue weighted by Gasteiger charge is -2.10. The maximum atomic E-state index is 4.70. The van der Waals surface area contributed by atoms with E-state index in [-0.39, 0.29) is 0 Å². The Balaban J connectivity index is 2.20. The van der Waals surface area contributed by atoms with Crippen molar-refractivity contribution in [3.8, 4) is 11.3 Å². The van der Waals surface area contributed by atoms with Gasteiger partial charge in [-0.2, -0.15) is 0 Å². The number of hydrogen-bond donors (Lipinski definition) is 1. The molecule has 21 heavy (non-hydrogen) atoms. The summed E-state index contributed by atoms with van der Waals surface area (Å²) in [7, 11) is 0. The molecule has 0 atom stereocenters. The van der Waals surface area contributed by atoms with Gasteiger partial charge in [-0.25, -0.2) is 9.97 Å². The molecule has 0 spiro atoms. The van der Waals surface area contributed by atoms with E-state index in [1.54, 1.807) is 0 Å². The molecule has 0 aliphatic rings. The molecule has 0 fully saturated rings. The van der Waals surface area contributed by atoms with Crippen LogP contribution in [0.15, 0.2) is 48.5 Å². The van der Waals surface area contributed by atoms with Crippen molar-refractivity contribution in [2.24, 2.45) is 0 Å². The zero-order valence-corrected chi connectivity index (χ0v) is 12.4. The van der Waals surface area contributed by atoms with E-state index in [2.05, 4.69) is 66.6 Å². The molecule has 0 aliphatic heterocycles. The number of aromatic nitrogens is 2. The van der Waals surface area contributed by atoms with Crippen LogP contribution in [0.1, 0.15) is 19.7 Å². The van der Waals surface area contributed by atoms with E-state index in [0.717, 1.165) is 35.9 Å². The second-order valence-electron chi connectivity index (χ2n) is 4.97. The summed E-state index contributed by atoms with van der Waals surface area (Å²) in [6.45, 7) is 5.01. The fourth-order valence-electron chi connectivity index (χ4n) is 2.51. The molecule has 3 rings (SSSR count). The summed E-state index contributed by atoms with van der Waals surface area (Å²) in [5.41, 5.74) is 2.14. The van der Waals surface area contributed by atoms with Crippen LogP contribution in [0.3, 0.4) is 0 Å². The first-order chi connectivity index (χ1) is 10.3. The minimum absolute atomic E-state index is 0.830. The Kier molecular flexibility index (Phi) is 3.82. The average molecular weight is 277 g/mol. The van der Waals surface area contributed by atoms with Crippen LogP contribution in [0.2, 0.25) is 0 Å². The van der Waals surface area contributed by atoms with Gasteiger partial charge in [-0.15, -0.1) is 0 Å². The van der Waals surface area contributed by atoms with E-state index in [0.29, 0.717) is 0 Å². The highest BCUT2D eigenvalue weighted by atomic mass is 15.0. The summed E-state index contributed by atoms with van der Waals surface area (Å²) in [6, 6.07) is 16.8. The maximum absolute atomic E-state index is 4.70. The largest absolute Gasteiger partial charge is 0.370 e. The molecule has 0 amide bonds. The second-order valence-corrected chi connectivity index (χ2v) is 4.97. The zero-order valence-electron chi connectivity index (χ0n) is 12.4. The first-order valence-electron chi connectivity index (χ1n) is 7.41. The van der Waals surface area contributed by atoms with Crippen LogP contribution in [-0.2, 0) is 6.42 Å². The summed E-state index contributed by atoms with van der Waals surface area (Å²) in [6.07, 6.45) is 0.830. The fourth-order valence-corrected chi connectivity index (χ4v) is 2.51. The van der Waals surface area contributed by atoms with Crippen molar-refractivity contribution in [3.05, 3.63) is 54.4 Å². The van der Waals surface area contributed by atoms with Crippen molar-refractivity contribution in [2.45, 2.75) is 20.3 Å². The SMILES string of the molecule is CCNc1cc(-c2cccc3ccccc23)nc(CC)n1. The number of nitrogens with one attached hydrogen (secondary N) is 1. The van der Waals surface area contributed by atoms with Gasteiger partial charge in [0.25, 0.3) is 0 Å². The van der Waals surface area contributed by atoms with E-state index in [1.165, 1.54) is 10.8 Å². The van der Waals surface area contributed by atoms with Crippen molar-refractivity contribution >= 4 is 16.6 Å². The summed E-state index contributed by atoms with van der Waals surface area (Å²) >= 11 is 0. The molecule has 0 aliphatic carbocycles. The van der Waals surface area contributed by atoms with Crippen molar-refractivity contribution in [2.75, 3.05) is 11.9 Å². The molecule has 0 saturated carbocycles. The summed E-state index contributed by atoms with van der Waals surface area (Å²) in [5.74, 6) is 1.77. The Morgan fingerprint density at radius 3 is 2.57 bits per heavy atom. The lowest BCUT2D eigenvalue weighted by atomic mass is 10.0. The van der Waals surface area contributed by atoms with E-state index < -0.39 is 0 Å². The fraction of sp³-hybridized carbons (Fsp3) is 0.222.